The van der Waals surface area contributed by atoms with Crippen molar-refractivity contribution in [1.29, 1.82) is 0 Å². The molecule has 0 unspecified atom stereocenters. The van der Waals surface area contributed by atoms with Crippen LogP contribution >= 0.6 is 0 Å². The van der Waals surface area contributed by atoms with E-state index in [0.717, 1.165) is 0 Å². The molecule has 110 valence electrons. The summed E-state index contributed by atoms with van der Waals surface area (Å²) in [5.74, 6) is -1.39. The molecule has 6 heteroatoms. The lowest BCUT2D eigenvalue weighted by atomic mass is 10.3. The fourth-order valence-electron chi connectivity index (χ4n) is 1.55. The van der Waals surface area contributed by atoms with Crippen molar-refractivity contribution in [2.75, 3.05) is 5.43 Å². The fourth-order valence-corrected chi connectivity index (χ4v) is 1.55. The van der Waals surface area contributed by atoms with Crippen molar-refractivity contribution in [2.45, 2.75) is 13.0 Å². The molecule has 2 rings (SSSR count). The lowest BCUT2D eigenvalue weighted by molar-refractivity contribution is -0.126. The Balaban J connectivity index is 1.88. The van der Waals surface area contributed by atoms with Gasteiger partial charge in [-0.25, -0.2) is 8.78 Å². The van der Waals surface area contributed by atoms with Crippen molar-refractivity contribution >= 4 is 11.6 Å². The molecule has 0 radical (unpaired) electrons. The van der Waals surface area contributed by atoms with E-state index in [9.17, 15) is 13.6 Å². The van der Waals surface area contributed by atoms with Gasteiger partial charge in [0.2, 0.25) is 0 Å². The summed E-state index contributed by atoms with van der Waals surface area (Å²) in [6, 6.07) is 11.3. The number of ether oxygens (including phenoxy) is 1. The summed E-state index contributed by atoms with van der Waals surface area (Å²) in [5.41, 5.74) is 5.53. The second kappa shape index (κ2) is 6.69. The van der Waals surface area contributed by atoms with Crippen LogP contribution in [0.15, 0.2) is 48.5 Å². The highest BCUT2D eigenvalue weighted by molar-refractivity contribution is 5.81. The highest BCUT2D eigenvalue weighted by atomic mass is 19.1. The van der Waals surface area contributed by atoms with Gasteiger partial charge in [-0.3, -0.25) is 15.6 Å². The molecule has 0 bridgehead atoms. The smallest absolute Gasteiger partial charge is 0.279 e. The van der Waals surface area contributed by atoms with Gasteiger partial charge >= 0.3 is 0 Å². The lowest BCUT2D eigenvalue weighted by Crippen LogP contribution is -2.39. The predicted molar refractivity (Wildman–Crippen MR) is 74.7 cm³/mol. The molecule has 0 aliphatic carbocycles. The molecule has 0 fully saturated rings. The van der Waals surface area contributed by atoms with Crippen LogP contribution < -0.4 is 15.6 Å². The van der Waals surface area contributed by atoms with Gasteiger partial charge in [0, 0.05) is 0 Å². The number of nitrogens with one attached hydrogen (secondary N) is 2. The first kappa shape index (κ1) is 14.8. The molecule has 0 spiro atoms. The first-order valence-electron chi connectivity index (χ1n) is 6.29. The number of amides is 1. The Morgan fingerprint density at radius 3 is 2.43 bits per heavy atom. The standard InChI is InChI=1S/C15H14F2N2O2/c1-10(21-14-5-3-2-4-13(14)17)15(20)19-18-12-8-6-11(16)7-9-12/h2-10,18H,1H3,(H,19,20)/t10-/m1/s1. The number of anilines is 1. The highest BCUT2D eigenvalue weighted by Crippen LogP contribution is 2.17. The third kappa shape index (κ3) is 4.17. The maximum absolute atomic E-state index is 13.4. The van der Waals surface area contributed by atoms with Gasteiger partial charge in [-0.2, -0.15) is 0 Å². The minimum atomic E-state index is -0.894. The SMILES string of the molecule is C[C@@H](Oc1ccccc1F)C(=O)NNc1ccc(F)cc1. The molecule has 0 aliphatic heterocycles. The van der Waals surface area contributed by atoms with Crippen molar-refractivity contribution in [3.8, 4) is 5.75 Å². The maximum atomic E-state index is 13.4. The summed E-state index contributed by atoms with van der Waals surface area (Å²) in [7, 11) is 0. The van der Waals surface area contributed by atoms with Gasteiger partial charge in [0.05, 0.1) is 5.69 Å². The van der Waals surface area contributed by atoms with Crippen LogP contribution in [-0.4, -0.2) is 12.0 Å². The summed E-state index contributed by atoms with van der Waals surface area (Å²) in [6.45, 7) is 1.49. The topological polar surface area (TPSA) is 50.4 Å². The summed E-state index contributed by atoms with van der Waals surface area (Å²) in [4.78, 5) is 11.8. The second-order valence-electron chi connectivity index (χ2n) is 4.31. The van der Waals surface area contributed by atoms with E-state index in [-0.39, 0.29) is 11.6 Å². The largest absolute Gasteiger partial charge is 0.478 e. The van der Waals surface area contributed by atoms with E-state index >= 15 is 0 Å². The molecule has 21 heavy (non-hydrogen) atoms. The van der Waals surface area contributed by atoms with Crippen molar-refractivity contribution in [1.82, 2.24) is 5.43 Å². The number of halogens is 2. The third-order valence-electron chi connectivity index (χ3n) is 2.68. The first-order valence-corrected chi connectivity index (χ1v) is 6.29. The summed E-state index contributed by atoms with van der Waals surface area (Å²) in [5, 5.41) is 0. The fraction of sp³-hybridized carbons (Fsp3) is 0.133. The molecule has 2 N–H and O–H groups in total. The molecule has 0 saturated heterocycles. The summed E-state index contributed by atoms with van der Waals surface area (Å²) >= 11 is 0. The molecule has 4 nitrogen and oxygen atoms in total. The van der Waals surface area contributed by atoms with E-state index in [1.54, 1.807) is 6.07 Å². The number of benzene rings is 2. The Morgan fingerprint density at radius 1 is 1.10 bits per heavy atom. The van der Waals surface area contributed by atoms with Crippen molar-refractivity contribution in [3.63, 3.8) is 0 Å². The average Bonchev–Trinajstić information content (AvgIpc) is 2.48. The van der Waals surface area contributed by atoms with Gasteiger partial charge in [-0.1, -0.05) is 12.1 Å². The minimum absolute atomic E-state index is 0.00179. The van der Waals surface area contributed by atoms with E-state index in [2.05, 4.69) is 10.9 Å². The maximum Gasteiger partial charge on any atom is 0.279 e. The van der Waals surface area contributed by atoms with Gasteiger partial charge in [-0.15, -0.1) is 0 Å². The van der Waals surface area contributed by atoms with Crippen molar-refractivity contribution in [2.24, 2.45) is 0 Å². The molecule has 2 aromatic rings. The Labute approximate surface area is 120 Å². The monoisotopic (exact) mass is 292 g/mol. The molecule has 0 aromatic heterocycles. The average molecular weight is 292 g/mol. The number of hydrogen-bond donors (Lipinski definition) is 2. The van der Waals surface area contributed by atoms with Crippen molar-refractivity contribution in [3.05, 3.63) is 60.2 Å². The van der Waals surface area contributed by atoms with Crippen LogP contribution in [0.5, 0.6) is 5.75 Å². The van der Waals surface area contributed by atoms with E-state index < -0.39 is 17.8 Å². The number of hydrazine groups is 1. The second-order valence-corrected chi connectivity index (χ2v) is 4.31. The van der Waals surface area contributed by atoms with Crippen LogP contribution in [0.4, 0.5) is 14.5 Å². The van der Waals surface area contributed by atoms with Crippen LogP contribution in [0, 0.1) is 11.6 Å². The zero-order valence-electron chi connectivity index (χ0n) is 11.3. The van der Waals surface area contributed by atoms with Crippen LogP contribution in [0.3, 0.4) is 0 Å². The lowest BCUT2D eigenvalue weighted by Gasteiger charge is -2.16. The minimum Gasteiger partial charge on any atom is -0.478 e. The third-order valence-corrected chi connectivity index (χ3v) is 2.68. The number of rotatable bonds is 5. The first-order chi connectivity index (χ1) is 10.1. The summed E-state index contributed by atoms with van der Waals surface area (Å²) in [6.07, 6.45) is -0.894. The molecule has 1 atom stereocenters. The highest BCUT2D eigenvalue weighted by Gasteiger charge is 2.16. The van der Waals surface area contributed by atoms with Gasteiger partial charge < -0.3 is 4.74 Å². The van der Waals surface area contributed by atoms with Gasteiger partial charge in [-0.05, 0) is 43.3 Å². The number of para-hydroxylation sites is 1. The quantitative estimate of drug-likeness (QED) is 0.833. The van der Waals surface area contributed by atoms with Crippen molar-refractivity contribution < 1.29 is 18.3 Å². The Hall–Kier alpha value is -2.63. The Morgan fingerprint density at radius 2 is 1.76 bits per heavy atom. The van der Waals surface area contributed by atoms with Crippen LogP contribution in [0.25, 0.3) is 0 Å². The van der Waals surface area contributed by atoms with Gasteiger partial charge in [0.1, 0.15) is 5.82 Å². The molecular formula is C15H14F2N2O2. The zero-order chi connectivity index (χ0) is 15.2. The van der Waals surface area contributed by atoms with E-state index in [1.807, 2.05) is 0 Å². The summed E-state index contributed by atoms with van der Waals surface area (Å²) < 4.78 is 31.3. The molecule has 0 saturated carbocycles. The predicted octanol–water partition coefficient (Wildman–Crippen LogP) is 2.88. The number of hydrogen-bond acceptors (Lipinski definition) is 3. The Bertz CT molecular complexity index is 617. The Kier molecular flexibility index (Phi) is 4.71. The number of carbonyl (C=O) groups excluding carboxylic acids is 1. The number of carbonyl (C=O) groups is 1. The van der Waals surface area contributed by atoms with E-state index in [0.29, 0.717) is 5.69 Å². The van der Waals surface area contributed by atoms with Crippen LogP contribution in [0.1, 0.15) is 6.92 Å². The van der Waals surface area contributed by atoms with Gasteiger partial charge in [0.25, 0.3) is 5.91 Å². The molecule has 0 aliphatic rings. The molecule has 1 amide bonds. The van der Waals surface area contributed by atoms with Gasteiger partial charge in [0.15, 0.2) is 17.7 Å². The molecule has 2 aromatic carbocycles. The molecular weight excluding hydrogens is 278 g/mol. The normalized spacial score (nSPS) is 11.6. The molecule has 0 heterocycles. The van der Waals surface area contributed by atoms with Crippen LogP contribution in [0.2, 0.25) is 0 Å². The van der Waals surface area contributed by atoms with E-state index in [4.69, 9.17) is 4.74 Å². The van der Waals surface area contributed by atoms with Crippen LogP contribution in [-0.2, 0) is 4.79 Å². The van der Waals surface area contributed by atoms with E-state index in [1.165, 1.54) is 49.4 Å². The zero-order valence-corrected chi connectivity index (χ0v) is 11.3.